The van der Waals surface area contributed by atoms with Gasteiger partial charge < -0.3 is 10.1 Å². The molecule has 0 aliphatic heterocycles. The third-order valence-electron chi connectivity index (χ3n) is 4.33. The van der Waals surface area contributed by atoms with Crippen LogP contribution in [0.5, 0.6) is 5.75 Å². The van der Waals surface area contributed by atoms with Gasteiger partial charge in [0.05, 0.1) is 4.90 Å². The molecule has 8 heteroatoms. The van der Waals surface area contributed by atoms with E-state index in [4.69, 9.17) is 16.3 Å². The van der Waals surface area contributed by atoms with E-state index >= 15 is 0 Å². The van der Waals surface area contributed by atoms with Crippen LogP contribution in [-0.2, 0) is 14.8 Å². The summed E-state index contributed by atoms with van der Waals surface area (Å²) in [5.74, 6) is 0.130. The molecule has 3 aromatic rings. The van der Waals surface area contributed by atoms with Crippen LogP contribution >= 0.6 is 11.6 Å². The molecule has 0 aliphatic carbocycles. The third kappa shape index (κ3) is 5.52. The second-order valence-electron chi connectivity index (χ2n) is 6.69. The highest BCUT2D eigenvalue weighted by atomic mass is 35.5. The Morgan fingerprint density at radius 2 is 1.67 bits per heavy atom. The number of halogens is 1. The summed E-state index contributed by atoms with van der Waals surface area (Å²) in [7, 11) is -3.77. The Labute approximate surface area is 180 Å². The van der Waals surface area contributed by atoms with Crippen molar-refractivity contribution in [3.63, 3.8) is 0 Å². The van der Waals surface area contributed by atoms with Crippen LogP contribution in [0.3, 0.4) is 0 Å². The Balaban J connectivity index is 1.65. The molecular formula is C22H21ClN2O4S. The van der Waals surface area contributed by atoms with Gasteiger partial charge in [0.2, 0.25) is 0 Å². The van der Waals surface area contributed by atoms with Gasteiger partial charge in [-0.15, -0.1) is 0 Å². The predicted octanol–water partition coefficient (Wildman–Crippen LogP) is 4.78. The van der Waals surface area contributed by atoms with Gasteiger partial charge in [0.1, 0.15) is 5.75 Å². The number of ether oxygens (including phenoxy) is 1. The molecule has 0 radical (unpaired) electrons. The van der Waals surface area contributed by atoms with Crippen molar-refractivity contribution in [1.29, 1.82) is 0 Å². The van der Waals surface area contributed by atoms with Crippen molar-refractivity contribution in [2.75, 3.05) is 16.6 Å². The lowest BCUT2D eigenvalue weighted by molar-refractivity contribution is -0.118. The zero-order chi connectivity index (χ0) is 21.7. The molecule has 0 heterocycles. The fourth-order valence-corrected chi connectivity index (χ4v) is 4.00. The summed E-state index contributed by atoms with van der Waals surface area (Å²) in [6.45, 7) is 3.43. The van der Waals surface area contributed by atoms with Gasteiger partial charge >= 0.3 is 0 Å². The van der Waals surface area contributed by atoms with Gasteiger partial charge in [-0.05, 0) is 73.5 Å². The molecule has 0 saturated heterocycles. The summed E-state index contributed by atoms with van der Waals surface area (Å²) in [4.78, 5) is 12.2. The Kier molecular flexibility index (Phi) is 6.64. The standard InChI is InChI=1S/C22H21ClN2O4S/c1-15-5-3-4-6-20(15)24-22(26)14-29-21-12-11-19(13-16(21)2)30(27,28)25-18-9-7-17(23)8-10-18/h3-13,25H,14H2,1-2H3,(H,24,26). The highest BCUT2D eigenvalue weighted by molar-refractivity contribution is 7.92. The number of para-hydroxylation sites is 1. The van der Waals surface area contributed by atoms with E-state index < -0.39 is 10.0 Å². The van der Waals surface area contributed by atoms with E-state index in [1.165, 1.54) is 18.2 Å². The minimum atomic E-state index is -3.77. The minimum absolute atomic E-state index is 0.0895. The molecule has 0 saturated carbocycles. The first-order valence-electron chi connectivity index (χ1n) is 9.12. The first-order chi connectivity index (χ1) is 14.2. The molecule has 30 heavy (non-hydrogen) atoms. The van der Waals surface area contributed by atoms with Gasteiger partial charge in [0.15, 0.2) is 6.61 Å². The summed E-state index contributed by atoms with van der Waals surface area (Å²) >= 11 is 5.82. The number of hydrogen-bond acceptors (Lipinski definition) is 4. The van der Waals surface area contributed by atoms with Crippen LogP contribution in [0.4, 0.5) is 11.4 Å². The van der Waals surface area contributed by atoms with Crippen LogP contribution in [0.2, 0.25) is 5.02 Å². The fourth-order valence-electron chi connectivity index (χ4n) is 2.73. The molecule has 0 unspecified atom stereocenters. The lowest BCUT2D eigenvalue weighted by atomic mass is 10.2. The molecule has 0 aromatic heterocycles. The van der Waals surface area contributed by atoms with E-state index in [2.05, 4.69) is 10.0 Å². The fraction of sp³-hybridized carbons (Fsp3) is 0.136. The Bertz CT molecular complexity index is 1160. The quantitative estimate of drug-likeness (QED) is 0.549. The van der Waals surface area contributed by atoms with Crippen molar-refractivity contribution in [2.24, 2.45) is 0 Å². The number of anilines is 2. The Hall–Kier alpha value is -3.03. The average molecular weight is 445 g/mol. The number of rotatable bonds is 7. The lowest BCUT2D eigenvalue weighted by Gasteiger charge is -2.13. The van der Waals surface area contributed by atoms with Gasteiger partial charge in [0, 0.05) is 16.4 Å². The molecule has 0 spiro atoms. The van der Waals surface area contributed by atoms with Crippen molar-refractivity contribution in [3.05, 3.63) is 82.9 Å². The van der Waals surface area contributed by atoms with Crippen molar-refractivity contribution in [2.45, 2.75) is 18.7 Å². The highest BCUT2D eigenvalue weighted by Crippen LogP contribution is 2.24. The molecule has 1 amide bonds. The van der Waals surface area contributed by atoms with E-state index in [1.807, 2.05) is 31.2 Å². The molecule has 6 nitrogen and oxygen atoms in total. The summed E-state index contributed by atoms with van der Waals surface area (Å²) in [5, 5.41) is 3.30. The van der Waals surface area contributed by atoms with Crippen molar-refractivity contribution in [3.8, 4) is 5.75 Å². The molecule has 0 fully saturated rings. The molecule has 0 bridgehead atoms. The number of amides is 1. The van der Waals surface area contributed by atoms with E-state index in [9.17, 15) is 13.2 Å². The van der Waals surface area contributed by atoms with Gasteiger partial charge in [-0.3, -0.25) is 9.52 Å². The summed E-state index contributed by atoms with van der Waals surface area (Å²) < 4.78 is 33.3. The largest absolute Gasteiger partial charge is 0.483 e. The van der Waals surface area contributed by atoms with Gasteiger partial charge in [-0.25, -0.2) is 8.42 Å². The number of nitrogens with one attached hydrogen (secondary N) is 2. The highest BCUT2D eigenvalue weighted by Gasteiger charge is 2.16. The first kappa shape index (κ1) is 21.7. The lowest BCUT2D eigenvalue weighted by Crippen LogP contribution is -2.21. The second-order valence-corrected chi connectivity index (χ2v) is 8.81. The van der Waals surface area contributed by atoms with Crippen molar-refractivity contribution >= 4 is 38.9 Å². The van der Waals surface area contributed by atoms with Gasteiger partial charge in [0.25, 0.3) is 15.9 Å². The maximum absolute atomic E-state index is 12.6. The third-order valence-corrected chi connectivity index (χ3v) is 5.96. The van der Waals surface area contributed by atoms with Crippen LogP contribution < -0.4 is 14.8 Å². The molecule has 0 aliphatic rings. The smallest absolute Gasteiger partial charge is 0.262 e. The minimum Gasteiger partial charge on any atom is -0.483 e. The molecule has 3 rings (SSSR count). The number of hydrogen-bond donors (Lipinski definition) is 2. The maximum Gasteiger partial charge on any atom is 0.262 e. The monoisotopic (exact) mass is 444 g/mol. The van der Waals surface area contributed by atoms with E-state index in [0.29, 0.717) is 22.0 Å². The number of benzene rings is 3. The Morgan fingerprint density at radius 1 is 0.967 bits per heavy atom. The van der Waals surface area contributed by atoms with Crippen molar-refractivity contribution in [1.82, 2.24) is 0 Å². The maximum atomic E-state index is 12.6. The van der Waals surface area contributed by atoms with Crippen LogP contribution in [-0.4, -0.2) is 20.9 Å². The number of sulfonamides is 1. The molecule has 2 N–H and O–H groups in total. The number of carbonyl (C=O) groups excluding carboxylic acids is 1. The zero-order valence-electron chi connectivity index (χ0n) is 16.5. The average Bonchev–Trinajstić information content (AvgIpc) is 2.70. The SMILES string of the molecule is Cc1ccccc1NC(=O)COc1ccc(S(=O)(=O)Nc2ccc(Cl)cc2)cc1C. The van der Waals surface area contributed by atoms with E-state index in [-0.39, 0.29) is 17.4 Å². The van der Waals surface area contributed by atoms with E-state index in [0.717, 1.165) is 11.3 Å². The van der Waals surface area contributed by atoms with Gasteiger partial charge in [-0.2, -0.15) is 0 Å². The van der Waals surface area contributed by atoms with Crippen LogP contribution in [0.1, 0.15) is 11.1 Å². The number of carbonyl (C=O) groups is 1. The predicted molar refractivity (Wildman–Crippen MR) is 119 cm³/mol. The van der Waals surface area contributed by atoms with Crippen LogP contribution in [0, 0.1) is 13.8 Å². The van der Waals surface area contributed by atoms with E-state index in [1.54, 1.807) is 31.2 Å². The molecule has 3 aromatic carbocycles. The topological polar surface area (TPSA) is 84.5 Å². The first-order valence-corrected chi connectivity index (χ1v) is 11.0. The Morgan fingerprint density at radius 3 is 2.33 bits per heavy atom. The second kappa shape index (κ2) is 9.19. The van der Waals surface area contributed by atoms with Crippen molar-refractivity contribution < 1.29 is 17.9 Å². The van der Waals surface area contributed by atoms with Gasteiger partial charge in [-0.1, -0.05) is 29.8 Å². The van der Waals surface area contributed by atoms with Crippen LogP contribution in [0.15, 0.2) is 71.6 Å². The summed E-state index contributed by atoms with van der Waals surface area (Å²) in [5.41, 5.74) is 2.67. The van der Waals surface area contributed by atoms with Crippen LogP contribution in [0.25, 0.3) is 0 Å². The summed E-state index contributed by atoms with van der Waals surface area (Å²) in [6.07, 6.45) is 0. The molecule has 156 valence electrons. The molecular weight excluding hydrogens is 424 g/mol. The molecule has 0 atom stereocenters. The summed E-state index contributed by atoms with van der Waals surface area (Å²) in [6, 6.07) is 18.3. The zero-order valence-corrected chi connectivity index (χ0v) is 18.0. The number of aryl methyl sites for hydroxylation is 2. The normalized spacial score (nSPS) is 11.0.